The summed E-state index contributed by atoms with van der Waals surface area (Å²) in [4.78, 5) is 14.8. The maximum Gasteiger partial charge on any atom is 0.265 e. The van der Waals surface area contributed by atoms with Gasteiger partial charge in [-0.25, -0.2) is 8.42 Å². The third-order valence-electron chi connectivity index (χ3n) is 4.58. The van der Waals surface area contributed by atoms with Crippen molar-refractivity contribution in [1.29, 1.82) is 0 Å². The first-order valence-corrected chi connectivity index (χ1v) is 11.1. The number of benzene rings is 1. The molecule has 0 saturated carbocycles. The first kappa shape index (κ1) is 19.1. The van der Waals surface area contributed by atoms with Gasteiger partial charge in [0, 0.05) is 17.7 Å². The summed E-state index contributed by atoms with van der Waals surface area (Å²) >= 11 is 1.56. The van der Waals surface area contributed by atoms with E-state index in [1.165, 1.54) is 36.1 Å². The van der Waals surface area contributed by atoms with Gasteiger partial charge >= 0.3 is 0 Å². The van der Waals surface area contributed by atoms with Crippen LogP contribution in [0.2, 0.25) is 0 Å². The number of rotatable bonds is 6. The van der Waals surface area contributed by atoms with Crippen LogP contribution in [0.4, 0.5) is 5.69 Å². The van der Waals surface area contributed by atoms with E-state index in [4.69, 9.17) is 4.74 Å². The highest BCUT2D eigenvalue weighted by molar-refractivity contribution is 7.91. The van der Waals surface area contributed by atoms with Gasteiger partial charge in [-0.15, -0.1) is 11.3 Å². The van der Waals surface area contributed by atoms with Crippen LogP contribution in [0.3, 0.4) is 0 Å². The van der Waals surface area contributed by atoms with Crippen molar-refractivity contribution in [3.63, 3.8) is 0 Å². The quantitative estimate of drug-likeness (QED) is 0.815. The van der Waals surface area contributed by atoms with E-state index in [2.05, 4.69) is 12.2 Å². The molecule has 0 spiro atoms. The zero-order valence-electron chi connectivity index (χ0n) is 14.9. The number of fused-ring (bicyclic) bond motifs is 1. The van der Waals surface area contributed by atoms with Gasteiger partial charge in [0.05, 0.1) is 22.1 Å². The maximum atomic E-state index is 12.5. The molecule has 140 valence electrons. The fourth-order valence-electron chi connectivity index (χ4n) is 3.07. The average Bonchev–Trinajstić information content (AvgIpc) is 3.04. The van der Waals surface area contributed by atoms with E-state index in [0.717, 1.165) is 12.8 Å². The van der Waals surface area contributed by atoms with Gasteiger partial charge < -0.3 is 10.1 Å². The van der Waals surface area contributed by atoms with E-state index in [1.807, 2.05) is 6.07 Å². The van der Waals surface area contributed by atoms with Crippen molar-refractivity contribution in [3.8, 4) is 0 Å². The van der Waals surface area contributed by atoms with Gasteiger partial charge in [0.2, 0.25) is 0 Å². The zero-order chi connectivity index (χ0) is 18.7. The molecule has 7 heteroatoms. The summed E-state index contributed by atoms with van der Waals surface area (Å²) in [6.45, 7) is 2.39. The van der Waals surface area contributed by atoms with Crippen molar-refractivity contribution >= 4 is 32.8 Å². The molecule has 1 aromatic heterocycles. The molecule has 1 heterocycles. The highest BCUT2D eigenvalue weighted by atomic mass is 32.2. The first-order valence-electron chi connectivity index (χ1n) is 8.64. The van der Waals surface area contributed by atoms with Gasteiger partial charge in [-0.05, 0) is 61.1 Å². The number of amides is 1. The summed E-state index contributed by atoms with van der Waals surface area (Å²) in [6.07, 6.45) is 3.25. The zero-order valence-corrected chi connectivity index (χ0v) is 16.6. The maximum absolute atomic E-state index is 12.5. The van der Waals surface area contributed by atoms with Crippen LogP contribution in [-0.2, 0) is 27.4 Å². The standard InChI is InChI=1S/C19H23NO4S2/c1-13-3-8-17-14(11-13)12-18(25-17)19(21)20-15-4-6-16(7-5-15)26(22,23)10-9-24-2/h4-7,12-13H,3,8-11H2,1-2H3,(H,20,21). The Hall–Kier alpha value is -1.70. The van der Waals surface area contributed by atoms with E-state index in [1.54, 1.807) is 23.5 Å². The van der Waals surface area contributed by atoms with Gasteiger partial charge in [-0.3, -0.25) is 4.79 Å². The number of ether oxygens (including phenoxy) is 1. The highest BCUT2D eigenvalue weighted by Crippen LogP contribution is 2.32. The minimum Gasteiger partial charge on any atom is -0.384 e. The second-order valence-electron chi connectivity index (χ2n) is 6.70. The number of hydrogen-bond acceptors (Lipinski definition) is 5. The van der Waals surface area contributed by atoms with Crippen LogP contribution in [0.15, 0.2) is 35.2 Å². The van der Waals surface area contributed by atoms with Crippen LogP contribution in [-0.4, -0.2) is 33.8 Å². The van der Waals surface area contributed by atoms with Crippen LogP contribution in [0.5, 0.6) is 0 Å². The molecule has 1 amide bonds. The van der Waals surface area contributed by atoms with Crippen LogP contribution < -0.4 is 5.32 Å². The molecule has 2 aromatic rings. The number of methoxy groups -OCH3 is 1. The number of anilines is 1. The minimum atomic E-state index is -3.36. The lowest BCUT2D eigenvalue weighted by atomic mass is 9.90. The fourth-order valence-corrected chi connectivity index (χ4v) is 5.34. The van der Waals surface area contributed by atoms with Gasteiger partial charge in [0.25, 0.3) is 5.91 Å². The Morgan fingerprint density at radius 3 is 2.73 bits per heavy atom. The topological polar surface area (TPSA) is 72.5 Å². The molecule has 3 rings (SSSR count). The number of carbonyl (C=O) groups excluding carboxylic acids is 1. The number of hydrogen-bond donors (Lipinski definition) is 1. The first-order chi connectivity index (χ1) is 12.4. The van der Waals surface area contributed by atoms with Gasteiger partial charge in [-0.1, -0.05) is 6.92 Å². The third kappa shape index (κ3) is 4.34. The van der Waals surface area contributed by atoms with Gasteiger partial charge in [0.1, 0.15) is 0 Å². The molecule has 5 nitrogen and oxygen atoms in total. The number of thiophene rings is 1. The van der Waals surface area contributed by atoms with Crippen LogP contribution in [0.25, 0.3) is 0 Å². The van der Waals surface area contributed by atoms with Crippen molar-refractivity contribution in [1.82, 2.24) is 0 Å². The molecule has 0 fully saturated rings. The lowest BCUT2D eigenvalue weighted by molar-refractivity contribution is 0.103. The average molecular weight is 394 g/mol. The molecule has 26 heavy (non-hydrogen) atoms. The molecule has 1 atom stereocenters. The molecule has 1 aliphatic rings. The SMILES string of the molecule is COCCS(=O)(=O)c1ccc(NC(=O)c2cc3c(s2)CCC(C)C3)cc1. The highest BCUT2D eigenvalue weighted by Gasteiger charge is 2.21. The molecule has 1 aromatic carbocycles. The molecule has 0 saturated heterocycles. The Kier molecular flexibility index (Phi) is 5.79. The lowest BCUT2D eigenvalue weighted by Crippen LogP contribution is -2.12. The molecule has 1 aliphatic carbocycles. The van der Waals surface area contributed by atoms with Crippen molar-refractivity contribution in [2.45, 2.75) is 31.1 Å². The molecular weight excluding hydrogens is 370 g/mol. The van der Waals surface area contributed by atoms with Crippen LogP contribution in [0.1, 0.15) is 33.5 Å². The van der Waals surface area contributed by atoms with Crippen molar-refractivity contribution < 1.29 is 17.9 Å². The third-order valence-corrected chi connectivity index (χ3v) is 7.51. The number of carbonyl (C=O) groups is 1. The summed E-state index contributed by atoms with van der Waals surface area (Å²) in [5, 5.41) is 2.85. The lowest BCUT2D eigenvalue weighted by Gasteiger charge is -2.16. The summed E-state index contributed by atoms with van der Waals surface area (Å²) in [5.41, 5.74) is 1.87. The summed E-state index contributed by atoms with van der Waals surface area (Å²) in [5.74, 6) is 0.460. The predicted molar refractivity (Wildman–Crippen MR) is 104 cm³/mol. The van der Waals surface area contributed by atoms with E-state index in [-0.39, 0.29) is 23.2 Å². The summed E-state index contributed by atoms with van der Waals surface area (Å²) in [7, 11) is -1.89. The van der Waals surface area contributed by atoms with Crippen molar-refractivity contribution in [2.24, 2.45) is 5.92 Å². The monoisotopic (exact) mass is 393 g/mol. The smallest absolute Gasteiger partial charge is 0.265 e. The Bertz CT molecular complexity index is 885. The van der Waals surface area contributed by atoms with E-state index >= 15 is 0 Å². The number of aryl methyl sites for hydroxylation is 1. The van der Waals surface area contributed by atoms with Crippen molar-refractivity contribution in [3.05, 3.63) is 45.6 Å². The van der Waals surface area contributed by atoms with E-state index in [9.17, 15) is 13.2 Å². The Morgan fingerprint density at radius 2 is 2.04 bits per heavy atom. The normalized spacial score (nSPS) is 16.9. The predicted octanol–water partition coefficient (Wildman–Crippen LogP) is 3.55. The largest absolute Gasteiger partial charge is 0.384 e. The molecule has 1 N–H and O–H groups in total. The molecule has 1 unspecified atom stereocenters. The van der Waals surface area contributed by atoms with Gasteiger partial charge in [-0.2, -0.15) is 0 Å². The Morgan fingerprint density at radius 1 is 1.31 bits per heavy atom. The molecular formula is C19H23NO4S2. The number of sulfone groups is 1. The second-order valence-corrected chi connectivity index (χ2v) is 9.94. The van der Waals surface area contributed by atoms with E-state index < -0.39 is 9.84 Å². The Labute approximate surface area is 158 Å². The van der Waals surface area contributed by atoms with Crippen LogP contribution >= 0.6 is 11.3 Å². The van der Waals surface area contributed by atoms with Crippen molar-refractivity contribution in [2.75, 3.05) is 24.8 Å². The fraction of sp³-hybridized carbons (Fsp3) is 0.421. The van der Waals surface area contributed by atoms with Crippen LogP contribution in [0, 0.1) is 5.92 Å². The second kappa shape index (κ2) is 7.90. The number of nitrogens with one attached hydrogen (secondary N) is 1. The molecule has 0 bridgehead atoms. The molecule has 0 radical (unpaired) electrons. The molecule has 0 aliphatic heterocycles. The summed E-state index contributed by atoms with van der Waals surface area (Å²) < 4.78 is 29.1. The minimum absolute atomic E-state index is 0.0611. The van der Waals surface area contributed by atoms with E-state index in [0.29, 0.717) is 16.5 Å². The summed E-state index contributed by atoms with van der Waals surface area (Å²) in [6, 6.07) is 8.26. The Balaban J connectivity index is 1.68. The van der Waals surface area contributed by atoms with Gasteiger partial charge in [0.15, 0.2) is 9.84 Å².